The quantitative estimate of drug-likeness (QED) is 0.754. The van der Waals surface area contributed by atoms with Gasteiger partial charge in [0.05, 0.1) is 18.8 Å². The zero-order chi connectivity index (χ0) is 13.5. The van der Waals surface area contributed by atoms with Gasteiger partial charge in [0.15, 0.2) is 0 Å². The van der Waals surface area contributed by atoms with Crippen molar-refractivity contribution >= 4 is 11.8 Å². The molecule has 1 saturated heterocycles. The van der Waals surface area contributed by atoms with E-state index in [1.807, 2.05) is 0 Å². The average Bonchev–Trinajstić information content (AvgIpc) is 2.91. The molecule has 0 aromatic rings. The summed E-state index contributed by atoms with van der Waals surface area (Å²) >= 11 is 2.05. The van der Waals surface area contributed by atoms with E-state index in [1.165, 1.54) is 44.3 Å². The van der Waals surface area contributed by atoms with Crippen LogP contribution in [0.2, 0.25) is 0 Å². The van der Waals surface area contributed by atoms with Gasteiger partial charge in [-0.3, -0.25) is 0 Å². The van der Waals surface area contributed by atoms with Crippen LogP contribution in [-0.4, -0.2) is 48.0 Å². The lowest BCUT2D eigenvalue weighted by molar-refractivity contribution is -0.0277. The first-order chi connectivity index (χ1) is 9.24. The van der Waals surface area contributed by atoms with E-state index in [0.29, 0.717) is 19.3 Å². The molecule has 2 atom stereocenters. The molecule has 0 amide bonds. The maximum Gasteiger partial charge on any atom is 0.0897 e. The summed E-state index contributed by atoms with van der Waals surface area (Å²) in [7, 11) is 0. The molecule has 19 heavy (non-hydrogen) atoms. The molecule has 1 aliphatic heterocycles. The van der Waals surface area contributed by atoms with Gasteiger partial charge in [-0.15, -0.1) is 0 Å². The third-order valence-electron chi connectivity index (χ3n) is 4.26. The van der Waals surface area contributed by atoms with Crippen LogP contribution in [0.4, 0.5) is 0 Å². The molecule has 1 saturated carbocycles. The molecule has 0 bridgehead atoms. The Hall–Kier alpha value is 0.230. The van der Waals surface area contributed by atoms with E-state index in [-0.39, 0.29) is 6.10 Å². The molecule has 2 unspecified atom stereocenters. The molecular weight excluding hydrogens is 258 g/mol. The summed E-state index contributed by atoms with van der Waals surface area (Å²) in [4.78, 5) is 0. The second-order valence-corrected chi connectivity index (χ2v) is 7.57. The zero-order valence-electron chi connectivity index (χ0n) is 12.1. The molecule has 2 rings (SSSR count). The molecule has 0 aromatic heterocycles. The van der Waals surface area contributed by atoms with E-state index < -0.39 is 0 Å². The van der Waals surface area contributed by atoms with Crippen molar-refractivity contribution in [2.24, 2.45) is 5.92 Å². The highest BCUT2D eigenvalue weighted by atomic mass is 32.2. The Kier molecular flexibility index (Phi) is 6.99. The van der Waals surface area contributed by atoms with Crippen molar-refractivity contribution in [1.82, 2.24) is 5.32 Å². The molecule has 2 aliphatic rings. The van der Waals surface area contributed by atoms with Crippen molar-refractivity contribution in [2.75, 3.05) is 25.4 Å². The second-order valence-electron chi connectivity index (χ2n) is 6.16. The number of hydrogen-bond acceptors (Lipinski definition) is 4. The third-order valence-corrected chi connectivity index (χ3v) is 5.66. The van der Waals surface area contributed by atoms with Crippen molar-refractivity contribution in [3.8, 4) is 0 Å². The second kappa shape index (κ2) is 8.50. The number of ether oxygens (including phenoxy) is 1. The minimum atomic E-state index is -0.356. The van der Waals surface area contributed by atoms with Crippen molar-refractivity contribution in [1.29, 1.82) is 0 Å². The Balaban J connectivity index is 1.48. The van der Waals surface area contributed by atoms with Gasteiger partial charge in [0.25, 0.3) is 0 Å². The fraction of sp³-hybridized carbons (Fsp3) is 1.00. The van der Waals surface area contributed by atoms with Crippen molar-refractivity contribution in [3.63, 3.8) is 0 Å². The van der Waals surface area contributed by atoms with Gasteiger partial charge in [-0.2, -0.15) is 11.8 Å². The largest absolute Gasteiger partial charge is 0.389 e. The van der Waals surface area contributed by atoms with Crippen LogP contribution >= 0.6 is 11.8 Å². The fourth-order valence-corrected chi connectivity index (χ4v) is 4.15. The molecule has 2 N–H and O–H groups in total. The smallest absolute Gasteiger partial charge is 0.0897 e. The van der Waals surface area contributed by atoms with Gasteiger partial charge < -0.3 is 15.2 Å². The van der Waals surface area contributed by atoms with Crippen LogP contribution in [-0.2, 0) is 4.74 Å². The lowest BCUT2D eigenvalue weighted by atomic mass is 9.89. The molecule has 2 fully saturated rings. The molecular formula is C15H29NO2S. The van der Waals surface area contributed by atoms with Crippen molar-refractivity contribution in [3.05, 3.63) is 0 Å². The first-order valence-corrected chi connectivity index (χ1v) is 8.91. The van der Waals surface area contributed by atoms with Gasteiger partial charge in [0.2, 0.25) is 0 Å². The Morgan fingerprint density at radius 2 is 2.05 bits per heavy atom. The predicted octanol–water partition coefficient (Wildman–Crippen LogP) is 2.43. The summed E-state index contributed by atoms with van der Waals surface area (Å²) in [6.45, 7) is 4.50. The van der Waals surface area contributed by atoms with Crippen LogP contribution in [0.3, 0.4) is 0 Å². The molecule has 0 aromatic carbocycles. The minimum Gasteiger partial charge on any atom is -0.389 e. The number of rotatable bonds is 7. The summed E-state index contributed by atoms with van der Waals surface area (Å²) in [5, 5.41) is 14.0. The molecule has 4 heteroatoms. The highest BCUT2D eigenvalue weighted by Gasteiger charge is 2.20. The molecule has 1 heterocycles. The fourth-order valence-electron chi connectivity index (χ4n) is 2.92. The Morgan fingerprint density at radius 3 is 2.74 bits per heavy atom. The third kappa shape index (κ3) is 6.03. The lowest BCUT2D eigenvalue weighted by Crippen LogP contribution is -2.35. The zero-order valence-corrected chi connectivity index (χ0v) is 13.0. The summed E-state index contributed by atoms with van der Waals surface area (Å²) in [6.07, 6.45) is 7.59. The van der Waals surface area contributed by atoms with Crippen molar-refractivity contribution in [2.45, 2.75) is 62.9 Å². The van der Waals surface area contributed by atoms with Crippen LogP contribution in [0, 0.1) is 5.92 Å². The standard InChI is InChI=1S/C15H29NO2S/c1-12-4-6-14(7-5-12)18-11-13(17)9-16-10-15-3-2-8-19-15/h12-17H,2-11H2,1H3. The van der Waals surface area contributed by atoms with E-state index >= 15 is 0 Å². The molecule has 112 valence electrons. The predicted molar refractivity (Wildman–Crippen MR) is 81.7 cm³/mol. The van der Waals surface area contributed by atoms with E-state index in [1.54, 1.807) is 0 Å². The Bertz CT molecular complexity index is 238. The number of hydrogen-bond donors (Lipinski definition) is 2. The first kappa shape index (κ1) is 15.6. The number of aliphatic hydroxyl groups excluding tert-OH is 1. The number of aliphatic hydroxyl groups is 1. The minimum absolute atomic E-state index is 0.356. The van der Waals surface area contributed by atoms with Gasteiger partial charge in [0, 0.05) is 18.3 Å². The van der Waals surface area contributed by atoms with Crippen LogP contribution in [0.25, 0.3) is 0 Å². The van der Waals surface area contributed by atoms with Gasteiger partial charge >= 0.3 is 0 Å². The average molecular weight is 287 g/mol. The van der Waals surface area contributed by atoms with Crippen LogP contribution in [0.1, 0.15) is 45.4 Å². The van der Waals surface area contributed by atoms with E-state index in [4.69, 9.17) is 4.74 Å². The Labute approximate surface area is 121 Å². The first-order valence-electron chi connectivity index (χ1n) is 7.86. The maximum absolute atomic E-state index is 9.91. The SMILES string of the molecule is CC1CCC(OCC(O)CNCC2CCCS2)CC1. The summed E-state index contributed by atoms with van der Waals surface area (Å²) < 4.78 is 5.82. The van der Waals surface area contributed by atoms with E-state index in [0.717, 1.165) is 17.7 Å². The van der Waals surface area contributed by atoms with Gasteiger partial charge in [-0.05, 0) is 50.2 Å². The summed E-state index contributed by atoms with van der Waals surface area (Å²) in [5.74, 6) is 2.16. The topological polar surface area (TPSA) is 41.5 Å². The normalized spacial score (nSPS) is 33.5. The molecule has 0 spiro atoms. The monoisotopic (exact) mass is 287 g/mol. The van der Waals surface area contributed by atoms with Crippen molar-refractivity contribution < 1.29 is 9.84 Å². The Morgan fingerprint density at radius 1 is 1.26 bits per heavy atom. The van der Waals surface area contributed by atoms with Gasteiger partial charge in [-0.25, -0.2) is 0 Å². The molecule has 1 aliphatic carbocycles. The highest BCUT2D eigenvalue weighted by Crippen LogP contribution is 2.26. The van der Waals surface area contributed by atoms with Crippen LogP contribution < -0.4 is 5.32 Å². The maximum atomic E-state index is 9.91. The van der Waals surface area contributed by atoms with Gasteiger partial charge in [0.1, 0.15) is 0 Å². The summed E-state index contributed by atoms with van der Waals surface area (Å²) in [6, 6.07) is 0. The number of nitrogens with one attached hydrogen (secondary N) is 1. The highest BCUT2D eigenvalue weighted by molar-refractivity contribution is 8.00. The summed E-state index contributed by atoms with van der Waals surface area (Å²) in [5.41, 5.74) is 0. The van der Waals surface area contributed by atoms with E-state index in [2.05, 4.69) is 24.0 Å². The lowest BCUT2D eigenvalue weighted by Gasteiger charge is -2.27. The van der Waals surface area contributed by atoms with Crippen LogP contribution in [0.5, 0.6) is 0 Å². The molecule has 0 radical (unpaired) electrons. The van der Waals surface area contributed by atoms with Gasteiger partial charge in [-0.1, -0.05) is 6.92 Å². The van der Waals surface area contributed by atoms with E-state index in [9.17, 15) is 5.11 Å². The van der Waals surface area contributed by atoms with Crippen LogP contribution in [0.15, 0.2) is 0 Å². The molecule has 3 nitrogen and oxygen atoms in total. The number of thioether (sulfide) groups is 1.